The molecular weight excluding hydrogens is 201 g/mol. The maximum absolute atomic E-state index is 11.6. The highest BCUT2D eigenvalue weighted by atomic mass is 19.4. The van der Waals surface area contributed by atoms with Crippen LogP contribution in [0.25, 0.3) is 0 Å². The molecular formula is C12H19F3. The van der Waals surface area contributed by atoms with Gasteiger partial charge in [-0.2, -0.15) is 13.2 Å². The second kappa shape index (κ2) is 9.56. The molecule has 0 aromatic heterocycles. The Labute approximate surface area is 90.2 Å². The minimum absolute atomic E-state index is 0.841. The Morgan fingerprint density at radius 2 is 1.73 bits per heavy atom. The van der Waals surface area contributed by atoms with Gasteiger partial charge in [0.05, 0.1) is 6.42 Å². The van der Waals surface area contributed by atoms with Gasteiger partial charge in [-0.05, 0) is 6.92 Å². The quantitative estimate of drug-likeness (QED) is 0.584. The zero-order valence-corrected chi connectivity index (χ0v) is 9.56. The van der Waals surface area contributed by atoms with Crippen molar-refractivity contribution in [2.45, 2.75) is 39.8 Å². The predicted octanol–water partition coefficient (Wildman–Crippen LogP) is 5.04. The lowest BCUT2D eigenvalue weighted by Crippen LogP contribution is -2.03. The third kappa shape index (κ3) is 19.4. The van der Waals surface area contributed by atoms with Gasteiger partial charge in [0.15, 0.2) is 0 Å². The van der Waals surface area contributed by atoms with Crippen LogP contribution in [-0.4, -0.2) is 6.18 Å². The molecule has 0 aliphatic rings. The average molecular weight is 220 g/mol. The molecule has 88 valence electrons. The molecule has 15 heavy (non-hydrogen) atoms. The molecule has 0 saturated heterocycles. The van der Waals surface area contributed by atoms with Gasteiger partial charge in [0.25, 0.3) is 0 Å². The highest BCUT2D eigenvalue weighted by molar-refractivity contribution is 5.19. The fourth-order valence-corrected chi connectivity index (χ4v) is 0.490. The Morgan fingerprint density at radius 1 is 1.27 bits per heavy atom. The van der Waals surface area contributed by atoms with Crippen molar-refractivity contribution in [3.63, 3.8) is 0 Å². The molecule has 0 heterocycles. The molecule has 0 bridgehead atoms. The van der Waals surface area contributed by atoms with E-state index in [0.29, 0.717) is 0 Å². The van der Waals surface area contributed by atoms with E-state index in [4.69, 9.17) is 0 Å². The van der Waals surface area contributed by atoms with Crippen LogP contribution >= 0.6 is 0 Å². The molecule has 0 aliphatic carbocycles. The van der Waals surface area contributed by atoms with Crippen LogP contribution in [0.4, 0.5) is 13.2 Å². The van der Waals surface area contributed by atoms with Gasteiger partial charge < -0.3 is 0 Å². The van der Waals surface area contributed by atoms with Crippen LogP contribution in [0.15, 0.2) is 36.5 Å². The summed E-state index contributed by atoms with van der Waals surface area (Å²) in [6.07, 6.45) is 1.88. The lowest BCUT2D eigenvalue weighted by molar-refractivity contribution is -0.125. The number of allylic oxidation sites excluding steroid dienone is 5. The number of alkyl halides is 3. The summed E-state index contributed by atoms with van der Waals surface area (Å²) in [5.41, 5.74) is 0.841. The highest BCUT2D eigenvalue weighted by Gasteiger charge is 2.24. The second-order valence-electron chi connectivity index (χ2n) is 3.07. The molecule has 0 fully saturated rings. The van der Waals surface area contributed by atoms with Gasteiger partial charge in [0, 0.05) is 0 Å². The van der Waals surface area contributed by atoms with Gasteiger partial charge in [0.2, 0.25) is 0 Å². The Morgan fingerprint density at radius 3 is 2.07 bits per heavy atom. The summed E-state index contributed by atoms with van der Waals surface area (Å²) in [5.74, 6) is 0. The largest absolute Gasteiger partial charge is 0.392 e. The van der Waals surface area contributed by atoms with E-state index in [1.807, 2.05) is 0 Å². The SMILES string of the molecule is C=C/C(C)=C\C=C/CC(F)(F)F.CCC. The summed E-state index contributed by atoms with van der Waals surface area (Å²) >= 11 is 0. The summed E-state index contributed by atoms with van der Waals surface area (Å²) in [6.45, 7) is 9.48. The first kappa shape index (κ1) is 16.4. The van der Waals surface area contributed by atoms with Crippen LogP contribution in [0.3, 0.4) is 0 Å². The number of hydrogen-bond acceptors (Lipinski definition) is 0. The smallest absolute Gasteiger partial charge is 0.171 e. The van der Waals surface area contributed by atoms with Crippen LogP contribution in [0.1, 0.15) is 33.6 Å². The van der Waals surface area contributed by atoms with Gasteiger partial charge in [-0.25, -0.2) is 0 Å². The molecule has 0 N–H and O–H groups in total. The fraction of sp³-hybridized carbons (Fsp3) is 0.500. The predicted molar refractivity (Wildman–Crippen MR) is 59.7 cm³/mol. The Kier molecular flexibility index (Phi) is 10.5. The Bertz CT molecular complexity index is 209. The van der Waals surface area contributed by atoms with E-state index in [9.17, 15) is 13.2 Å². The van der Waals surface area contributed by atoms with Crippen LogP contribution < -0.4 is 0 Å². The lowest BCUT2D eigenvalue weighted by Gasteiger charge is -1.99. The molecule has 0 aromatic rings. The molecule has 0 rings (SSSR count). The standard InChI is InChI=1S/C9H11F3.C3H8/c1-3-8(2)6-4-5-7-9(10,11)12;1-3-2/h3-6H,1,7H2,2H3;3H2,1-2H3/b5-4-,8-6-;. The molecule has 0 aromatic carbocycles. The second-order valence-corrected chi connectivity index (χ2v) is 3.07. The van der Waals surface area contributed by atoms with Gasteiger partial charge >= 0.3 is 6.18 Å². The minimum atomic E-state index is -4.10. The van der Waals surface area contributed by atoms with Crippen molar-refractivity contribution in [2.24, 2.45) is 0 Å². The van der Waals surface area contributed by atoms with E-state index >= 15 is 0 Å². The number of hydrogen-bond donors (Lipinski definition) is 0. The first-order valence-corrected chi connectivity index (χ1v) is 4.90. The monoisotopic (exact) mass is 220 g/mol. The summed E-state index contributed by atoms with van der Waals surface area (Å²) in [7, 11) is 0. The first-order chi connectivity index (χ1) is 6.87. The van der Waals surface area contributed by atoms with Gasteiger partial charge in [-0.15, -0.1) is 0 Å². The van der Waals surface area contributed by atoms with Crippen molar-refractivity contribution in [1.29, 1.82) is 0 Å². The zero-order chi connectivity index (χ0) is 12.3. The maximum Gasteiger partial charge on any atom is 0.392 e. The topological polar surface area (TPSA) is 0 Å². The molecule has 0 aliphatic heterocycles. The number of halogens is 3. The summed E-state index contributed by atoms with van der Waals surface area (Å²) < 4.78 is 34.7. The van der Waals surface area contributed by atoms with Gasteiger partial charge in [0.1, 0.15) is 0 Å². The van der Waals surface area contributed by atoms with E-state index in [1.54, 1.807) is 19.1 Å². The van der Waals surface area contributed by atoms with E-state index in [1.165, 1.54) is 12.5 Å². The molecule has 0 unspecified atom stereocenters. The lowest BCUT2D eigenvalue weighted by atomic mass is 10.2. The molecule has 0 amide bonds. The van der Waals surface area contributed by atoms with Crippen LogP contribution in [-0.2, 0) is 0 Å². The van der Waals surface area contributed by atoms with Crippen molar-refractivity contribution in [3.8, 4) is 0 Å². The minimum Gasteiger partial charge on any atom is -0.171 e. The van der Waals surface area contributed by atoms with Crippen molar-refractivity contribution in [3.05, 3.63) is 36.5 Å². The zero-order valence-electron chi connectivity index (χ0n) is 9.56. The third-order valence-corrected chi connectivity index (χ3v) is 1.17. The van der Waals surface area contributed by atoms with Crippen LogP contribution in [0.2, 0.25) is 0 Å². The van der Waals surface area contributed by atoms with Crippen molar-refractivity contribution in [2.75, 3.05) is 0 Å². The van der Waals surface area contributed by atoms with Gasteiger partial charge in [-0.1, -0.05) is 56.7 Å². The van der Waals surface area contributed by atoms with Crippen LogP contribution in [0.5, 0.6) is 0 Å². The molecule has 3 heteroatoms. The summed E-state index contributed by atoms with van der Waals surface area (Å²) in [6, 6.07) is 0. The molecule has 0 saturated carbocycles. The third-order valence-electron chi connectivity index (χ3n) is 1.17. The number of rotatable bonds is 3. The van der Waals surface area contributed by atoms with E-state index < -0.39 is 12.6 Å². The first-order valence-electron chi connectivity index (χ1n) is 4.90. The Hall–Kier alpha value is -0.990. The molecule has 0 radical (unpaired) electrons. The van der Waals surface area contributed by atoms with E-state index in [0.717, 1.165) is 11.6 Å². The molecule has 0 atom stereocenters. The normalized spacial score (nSPS) is 12.3. The average Bonchev–Trinajstić information content (AvgIpc) is 2.12. The van der Waals surface area contributed by atoms with E-state index in [2.05, 4.69) is 20.4 Å². The van der Waals surface area contributed by atoms with Crippen molar-refractivity contribution >= 4 is 0 Å². The summed E-state index contributed by atoms with van der Waals surface area (Å²) in [4.78, 5) is 0. The van der Waals surface area contributed by atoms with Gasteiger partial charge in [-0.3, -0.25) is 0 Å². The Balaban J connectivity index is 0. The van der Waals surface area contributed by atoms with E-state index in [-0.39, 0.29) is 0 Å². The fourth-order valence-electron chi connectivity index (χ4n) is 0.490. The van der Waals surface area contributed by atoms with Crippen molar-refractivity contribution < 1.29 is 13.2 Å². The van der Waals surface area contributed by atoms with Crippen molar-refractivity contribution in [1.82, 2.24) is 0 Å². The van der Waals surface area contributed by atoms with Crippen LogP contribution in [0, 0.1) is 0 Å². The molecule has 0 spiro atoms. The maximum atomic E-state index is 11.6. The highest BCUT2D eigenvalue weighted by Crippen LogP contribution is 2.19. The molecule has 0 nitrogen and oxygen atoms in total. The summed E-state index contributed by atoms with van der Waals surface area (Å²) in [5, 5.41) is 0.